The van der Waals surface area contributed by atoms with Crippen molar-refractivity contribution >= 4 is 5.97 Å². The molecule has 0 spiro atoms. The first kappa shape index (κ1) is 26.6. The average Bonchev–Trinajstić information content (AvgIpc) is 3.17. The van der Waals surface area contributed by atoms with Gasteiger partial charge in [0.15, 0.2) is 6.10 Å². The van der Waals surface area contributed by atoms with E-state index in [1.807, 2.05) is 0 Å². The van der Waals surface area contributed by atoms with E-state index < -0.39 is 0 Å². The summed E-state index contributed by atoms with van der Waals surface area (Å²) >= 11 is 0. The van der Waals surface area contributed by atoms with Crippen LogP contribution in [0.3, 0.4) is 0 Å². The van der Waals surface area contributed by atoms with E-state index >= 15 is 0 Å². The Morgan fingerprint density at radius 2 is 1.38 bits per heavy atom. The summed E-state index contributed by atoms with van der Waals surface area (Å²) in [6.45, 7) is 12.4. The second-order valence-electron chi connectivity index (χ2n) is 15.9. The molecular weight excluding hydrogens is 456 g/mol. The van der Waals surface area contributed by atoms with Crippen molar-refractivity contribution in [1.82, 2.24) is 0 Å². The van der Waals surface area contributed by atoms with Crippen LogP contribution in [-0.4, -0.2) is 73.4 Å². The van der Waals surface area contributed by atoms with Gasteiger partial charge in [0.1, 0.15) is 6.04 Å². The Morgan fingerprint density at radius 1 is 0.757 bits per heavy atom. The van der Waals surface area contributed by atoms with Crippen LogP contribution >= 0.6 is 0 Å². The molecule has 4 aliphatic carbocycles. The van der Waals surface area contributed by atoms with Gasteiger partial charge < -0.3 is 13.7 Å². The molecule has 9 atom stereocenters. The summed E-state index contributed by atoms with van der Waals surface area (Å²) in [6.07, 6.45) is 19.8. The number of esters is 1. The molecule has 0 amide bonds. The molecule has 2 aliphatic heterocycles. The molecule has 37 heavy (non-hydrogen) atoms. The lowest BCUT2D eigenvalue weighted by molar-refractivity contribution is -0.940. The van der Waals surface area contributed by atoms with Gasteiger partial charge in [0.25, 0.3) is 0 Å². The summed E-state index contributed by atoms with van der Waals surface area (Å²) in [5, 5.41) is 0. The lowest BCUT2D eigenvalue weighted by Gasteiger charge is -2.62. The van der Waals surface area contributed by atoms with Gasteiger partial charge in [-0.25, -0.2) is 0 Å². The quantitative estimate of drug-likeness (QED) is 0.315. The second-order valence-corrected chi connectivity index (χ2v) is 15.9. The molecule has 0 aromatic carbocycles. The highest BCUT2D eigenvalue weighted by molar-refractivity contribution is 5.66. The Bertz CT molecular complexity index is 860. The Balaban J connectivity index is 1.28. The average molecular weight is 515 g/mol. The third-order valence-corrected chi connectivity index (χ3v) is 14.2. The van der Waals surface area contributed by atoms with E-state index in [1.165, 1.54) is 121 Å². The number of quaternary nitrogens is 2. The fraction of sp³-hybridized carbons (Fsp3) is 0.970. The van der Waals surface area contributed by atoms with E-state index in [4.69, 9.17) is 4.74 Å². The van der Waals surface area contributed by atoms with E-state index in [0.717, 1.165) is 34.2 Å². The third kappa shape index (κ3) is 4.25. The molecule has 0 unspecified atom stereocenters. The van der Waals surface area contributed by atoms with Crippen LogP contribution in [0.2, 0.25) is 0 Å². The monoisotopic (exact) mass is 514 g/mol. The number of fused-ring (bicyclic) bond motifs is 5. The number of carbonyl (C=O) groups is 1. The van der Waals surface area contributed by atoms with Gasteiger partial charge in [-0.1, -0.05) is 13.8 Å². The smallest absolute Gasteiger partial charge is 0.303 e. The lowest BCUT2D eigenvalue weighted by Crippen LogP contribution is -2.62. The molecule has 0 radical (unpaired) electrons. The molecule has 4 nitrogen and oxygen atoms in total. The Kier molecular flexibility index (Phi) is 6.83. The van der Waals surface area contributed by atoms with Crippen molar-refractivity contribution in [3.8, 4) is 0 Å². The first-order valence-corrected chi connectivity index (χ1v) is 16.4. The van der Waals surface area contributed by atoms with Gasteiger partial charge >= 0.3 is 5.97 Å². The van der Waals surface area contributed by atoms with Crippen LogP contribution in [0.1, 0.15) is 111 Å². The van der Waals surface area contributed by atoms with Crippen LogP contribution in [0.5, 0.6) is 0 Å². The second kappa shape index (κ2) is 9.50. The molecular formula is C33H58N2O2+2. The highest BCUT2D eigenvalue weighted by Crippen LogP contribution is 2.67. The number of likely N-dealkylation sites (N-methyl/N-ethyl adjacent to an activating group) is 1. The predicted molar refractivity (Wildman–Crippen MR) is 150 cm³/mol. The van der Waals surface area contributed by atoms with Crippen molar-refractivity contribution in [3.05, 3.63) is 0 Å². The van der Waals surface area contributed by atoms with Crippen molar-refractivity contribution in [2.75, 3.05) is 40.3 Å². The van der Waals surface area contributed by atoms with Gasteiger partial charge in [-0.05, 0) is 106 Å². The maximum Gasteiger partial charge on any atom is 0.303 e. The van der Waals surface area contributed by atoms with Crippen LogP contribution in [0.25, 0.3) is 0 Å². The molecule has 2 saturated heterocycles. The first-order valence-electron chi connectivity index (χ1n) is 16.4. The number of rotatable bonds is 3. The van der Waals surface area contributed by atoms with Gasteiger partial charge in [-0.2, -0.15) is 0 Å². The molecule has 2 heterocycles. The number of likely N-dealkylation sites (tertiary alicyclic amines) is 2. The van der Waals surface area contributed by atoms with Gasteiger partial charge in [0, 0.05) is 25.2 Å². The number of piperidine rings is 2. The SMILES string of the molecule is CC(=O)O[C@H]1[C@@H]([N+]2(C)CCCCC2)C[C@H]2[C@@H]3CC[C@H]4CC[C@@H]([N+]5(C)CCCCC5)C[C@]4(C)[C@H]3CC[C@@]21C. The summed E-state index contributed by atoms with van der Waals surface area (Å²) in [6, 6.07) is 1.39. The Labute approximate surface area is 228 Å². The Morgan fingerprint density at radius 3 is 2.03 bits per heavy atom. The van der Waals surface area contributed by atoms with Crippen LogP contribution in [0.15, 0.2) is 0 Å². The van der Waals surface area contributed by atoms with E-state index in [1.54, 1.807) is 6.92 Å². The molecule has 0 aromatic rings. The number of ether oxygens (including phenoxy) is 1. The zero-order valence-electron chi connectivity index (χ0n) is 25.0. The summed E-state index contributed by atoms with van der Waals surface area (Å²) in [5.74, 6) is 3.35. The van der Waals surface area contributed by atoms with Crippen molar-refractivity contribution in [2.45, 2.75) is 129 Å². The van der Waals surface area contributed by atoms with Crippen LogP contribution in [-0.2, 0) is 9.53 Å². The number of hydrogen-bond acceptors (Lipinski definition) is 2. The maximum atomic E-state index is 12.5. The van der Waals surface area contributed by atoms with E-state index in [-0.39, 0.29) is 17.5 Å². The van der Waals surface area contributed by atoms with Gasteiger partial charge in [-0.15, -0.1) is 0 Å². The van der Waals surface area contributed by atoms with E-state index in [0.29, 0.717) is 11.5 Å². The van der Waals surface area contributed by atoms with Gasteiger partial charge in [-0.3, -0.25) is 4.79 Å². The molecule has 6 aliphatic rings. The molecule has 6 rings (SSSR count). The highest BCUT2D eigenvalue weighted by atomic mass is 16.5. The minimum atomic E-state index is -0.0492. The van der Waals surface area contributed by atoms with Crippen molar-refractivity contribution in [1.29, 1.82) is 0 Å². The number of carbonyl (C=O) groups excluding carboxylic acids is 1. The van der Waals surface area contributed by atoms with E-state index in [9.17, 15) is 4.79 Å². The summed E-state index contributed by atoms with van der Waals surface area (Å²) in [7, 11) is 5.12. The predicted octanol–water partition coefficient (Wildman–Crippen LogP) is 6.57. The van der Waals surface area contributed by atoms with Gasteiger partial charge in [0.05, 0.1) is 46.3 Å². The minimum absolute atomic E-state index is 0.0492. The molecule has 210 valence electrons. The fourth-order valence-corrected chi connectivity index (χ4v) is 12.0. The van der Waals surface area contributed by atoms with Crippen molar-refractivity contribution in [2.24, 2.45) is 34.5 Å². The molecule has 0 N–H and O–H groups in total. The molecule has 4 saturated carbocycles. The standard InChI is InChI=1S/C33H58N2O2/c1-24(36)37-31-30(35(5)20-10-7-11-21-35)22-29-27-15-13-25-12-14-26(34(4)18-8-6-9-19-34)23-33(25,3)28(27)16-17-32(29,31)2/h25-31H,6-23H2,1-5H3/q+2/t25-,26-,27-,28+,29+,30+,31+,32+,33+/m1/s1. The lowest BCUT2D eigenvalue weighted by atomic mass is 9.44. The van der Waals surface area contributed by atoms with Crippen LogP contribution in [0, 0.1) is 34.5 Å². The highest BCUT2D eigenvalue weighted by Gasteiger charge is 2.67. The summed E-state index contributed by atoms with van der Waals surface area (Å²) in [5.41, 5.74) is 0.684. The zero-order chi connectivity index (χ0) is 26.1. The van der Waals surface area contributed by atoms with E-state index in [2.05, 4.69) is 27.9 Å². The zero-order valence-corrected chi connectivity index (χ0v) is 25.0. The number of hydrogen-bond donors (Lipinski definition) is 0. The first-order chi connectivity index (χ1) is 17.6. The topological polar surface area (TPSA) is 26.3 Å². The van der Waals surface area contributed by atoms with Gasteiger partial charge in [0.2, 0.25) is 0 Å². The minimum Gasteiger partial charge on any atom is -0.456 e. The molecule has 4 heteroatoms. The number of nitrogens with zero attached hydrogens (tertiary/aromatic N) is 2. The molecule has 0 bridgehead atoms. The molecule has 6 fully saturated rings. The fourth-order valence-electron chi connectivity index (χ4n) is 12.0. The van der Waals surface area contributed by atoms with Crippen LogP contribution in [0.4, 0.5) is 0 Å². The Hall–Kier alpha value is -0.610. The largest absolute Gasteiger partial charge is 0.456 e. The normalized spacial score (nSPS) is 48.8. The molecule has 0 aromatic heterocycles. The van der Waals surface area contributed by atoms with Crippen molar-refractivity contribution < 1.29 is 18.5 Å². The van der Waals surface area contributed by atoms with Crippen LogP contribution < -0.4 is 0 Å². The third-order valence-electron chi connectivity index (χ3n) is 14.2. The summed E-state index contributed by atoms with van der Waals surface area (Å²) < 4.78 is 8.90. The van der Waals surface area contributed by atoms with Crippen molar-refractivity contribution in [3.63, 3.8) is 0 Å². The summed E-state index contributed by atoms with van der Waals surface area (Å²) in [4.78, 5) is 12.5. The maximum absolute atomic E-state index is 12.5.